The lowest BCUT2D eigenvalue weighted by molar-refractivity contribution is 0.0696. The fourth-order valence-corrected chi connectivity index (χ4v) is 4.69. The minimum Gasteiger partial charge on any atom is -0.478 e. The van der Waals surface area contributed by atoms with Gasteiger partial charge in [-0.25, -0.2) is 4.79 Å². The number of carbonyl (C=O) groups is 3. The molecular weight excluding hydrogens is 516 g/mol. The largest absolute Gasteiger partial charge is 0.478 e. The van der Waals surface area contributed by atoms with Gasteiger partial charge in [-0.15, -0.1) is 0 Å². The van der Waals surface area contributed by atoms with Gasteiger partial charge in [-0.3, -0.25) is 9.59 Å². The minimum absolute atomic E-state index is 0.0340. The highest BCUT2D eigenvalue weighted by molar-refractivity contribution is 6.08. The zero-order valence-electron chi connectivity index (χ0n) is 23.9. The summed E-state index contributed by atoms with van der Waals surface area (Å²) in [6, 6.07) is 17.6. The maximum atomic E-state index is 13.7. The SMILES string of the molecule is CCCCCCCCCCCCN(C(=O)c1ccc(N)cc1)c1cc(NC(=O)c2ccc(N)cc2)cc(C(=O)O)c1. The fraction of sp³-hybridized carbons (Fsp3) is 0.364. The van der Waals surface area contributed by atoms with Crippen LogP contribution in [-0.2, 0) is 0 Å². The Labute approximate surface area is 242 Å². The molecule has 218 valence electrons. The number of carbonyl (C=O) groups excluding carboxylic acids is 2. The summed E-state index contributed by atoms with van der Waals surface area (Å²) in [6.07, 6.45) is 11.6. The normalized spacial score (nSPS) is 10.8. The van der Waals surface area contributed by atoms with Crippen LogP contribution in [0.25, 0.3) is 0 Å². The van der Waals surface area contributed by atoms with E-state index in [4.69, 9.17) is 11.5 Å². The van der Waals surface area contributed by atoms with Gasteiger partial charge in [-0.1, -0.05) is 64.7 Å². The van der Waals surface area contributed by atoms with Crippen LogP contribution in [-0.4, -0.2) is 29.4 Å². The minimum atomic E-state index is -1.16. The zero-order valence-corrected chi connectivity index (χ0v) is 23.9. The zero-order chi connectivity index (χ0) is 29.6. The molecular formula is C33H42N4O4. The summed E-state index contributed by atoms with van der Waals surface area (Å²) in [4.78, 5) is 40.1. The monoisotopic (exact) mass is 558 g/mol. The van der Waals surface area contributed by atoms with Crippen LogP contribution in [0.3, 0.4) is 0 Å². The van der Waals surface area contributed by atoms with Crippen LogP contribution in [0, 0.1) is 0 Å². The van der Waals surface area contributed by atoms with Crippen molar-refractivity contribution in [3.63, 3.8) is 0 Å². The highest BCUT2D eigenvalue weighted by atomic mass is 16.4. The van der Waals surface area contributed by atoms with E-state index in [1.54, 1.807) is 59.5 Å². The van der Waals surface area contributed by atoms with Crippen LogP contribution >= 0.6 is 0 Å². The number of rotatable bonds is 16. The molecule has 3 rings (SSSR count). The summed E-state index contributed by atoms with van der Waals surface area (Å²) in [5, 5.41) is 12.6. The van der Waals surface area contributed by atoms with E-state index in [1.165, 1.54) is 50.7 Å². The molecule has 41 heavy (non-hydrogen) atoms. The van der Waals surface area contributed by atoms with Gasteiger partial charge in [-0.05, 0) is 73.2 Å². The van der Waals surface area contributed by atoms with Crippen molar-refractivity contribution < 1.29 is 19.5 Å². The molecule has 0 aliphatic heterocycles. The Bertz CT molecular complexity index is 1290. The molecule has 0 aliphatic rings. The number of amides is 2. The second-order valence-electron chi connectivity index (χ2n) is 10.4. The molecule has 0 radical (unpaired) electrons. The third kappa shape index (κ3) is 9.98. The fourth-order valence-electron chi connectivity index (χ4n) is 4.69. The highest BCUT2D eigenvalue weighted by Crippen LogP contribution is 2.26. The lowest BCUT2D eigenvalue weighted by Gasteiger charge is -2.24. The van der Waals surface area contributed by atoms with Crippen LogP contribution in [0.4, 0.5) is 22.7 Å². The number of hydrogen-bond donors (Lipinski definition) is 4. The molecule has 0 spiro atoms. The van der Waals surface area contributed by atoms with Crippen molar-refractivity contribution in [1.82, 2.24) is 0 Å². The molecule has 8 nitrogen and oxygen atoms in total. The number of nitrogens with zero attached hydrogens (tertiary/aromatic N) is 1. The van der Waals surface area contributed by atoms with Crippen molar-refractivity contribution >= 4 is 40.5 Å². The molecule has 0 unspecified atom stereocenters. The third-order valence-corrected chi connectivity index (χ3v) is 7.05. The summed E-state index contributed by atoms with van der Waals surface area (Å²) in [7, 11) is 0. The van der Waals surface area contributed by atoms with Crippen LogP contribution < -0.4 is 21.7 Å². The molecule has 3 aromatic rings. The molecule has 0 fully saturated rings. The Kier molecular flexibility index (Phi) is 12.2. The summed E-state index contributed by atoms with van der Waals surface area (Å²) in [5.74, 6) is -1.84. The number of nitrogens with one attached hydrogen (secondary N) is 1. The number of hydrogen-bond acceptors (Lipinski definition) is 5. The number of aromatic carboxylic acids is 1. The predicted molar refractivity (Wildman–Crippen MR) is 167 cm³/mol. The van der Waals surface area contributed by atoms with Crippen molar-refractivity contribution in [3.05, 3.63) is 83.4 Å². The first-order chi connectivity index (χ1) is 19.8. The first kappa shape index (κ1) is 31.2. The Hall–Kier alpha value is -4.33. The van der Waals surface area contributed by atoms with Gasteiger partial charge in [-0.2, -0.15) is 0 Å². The second-order valence-corrected chi connectivity index (χ2v) is 10.4. The first-order valence-corrected chi connectivity index (χ1v) is 14.5. The number of carboxylic acids is 1. The van der Waals surface area contributed by atoms with Crippen molar-refractivity contribution in [3.8, 4) is 0 Å². The number of unbranched alkanes of at least 4 members (excludes halogenated alkanes) is 9. The summed E-state index contributed by atoms with van der Waals surface area (Å²) < 4.78 is 0. The van der Waals surface area contributed by atoms with Gasteiger partial charge >= 0.3 is 5.97 Å². The number of benzene rings is 3. The lowest BCUT2D eigenvalue weighted by atomic mass is 10.1. The molecule has 0 saturated heterocycles. The van der Waals surface area contributed by atoms with Crippen molar-refractivity contribution in [2.45, 2.75) is 71.1 Å². The Balaban J connectivity index is 1.77. The van der Waals surface area contributed by atoms with Crippen molar-refractivity contribution in [2.24, 2.45) is 0 Å². The summed E-state index contributed by atoms with van der Waals surface area (Å²) >= 11 is 0. The second kappa shape index (κ2) is 16.1. The number of nitrogens with two attached hydrogens (primary N) is 2. The Morgan fingerprint density at radius 3 is 1.73 bits per heavy atom. The topological polar surface area (TPSA) is 139 Å². The number of carboxylic acid groups (broad SMARTS) is 1. The van der Waals surface area contributed by atoms with Gasteiger partial charge in [0, 0.05) is 40.4 Å². The average Bonchev–Trinajstić information content (AvgIpc) is 2.96. The van der Waals surface area contributed by atoms with Crippen LogP contribution in [0.2, 0.25) is 0 Å². The molecule has 3 aromatic carbocycles. The van der Waals surface area contributed by atoms with E-state index in [-0.39, 0.29) is 17.2 Å². The lowest BCUT2D eigenvalue weighted by Crippen LogP contribution is -2.32. The van der Waals surface area contributed by atoms with Gasteiger partial charge in [0.15, 0.2) is 0 Å². The number of anilines is 4. The van der Waals surface area contributed by atoms with Crippen LogP contribution in [0.15, 0.2) is 66.7 Å². The summed E-state index contributed by atoms with van der Waals surface area (Å²) in [5.41, 5.74) is 14.1. The van der Waals surface area contributed by atoms with E-state index < -0.39 is 11.9 Å². The Morgan fingerprint density at radius 2 is 1.20 bits per heavy atom. The Morgan fingerprint density at radius 1 is 0.683 bits per heavy atom. The quantitative estimate of drug-likeness (QED) is 0.107. The molecule has 2 amide bonds. The molecule has 6 N–H and O–H groups in total. The van der Waals surface area contributed by atoms with Gasteiger partial charge in [0.1, 0.15) is 0 Å². The van der Waals surface area contributed by atoms with E-state index in [0.717, 1.165) is 25.7 Å². The van der Waals surface area contributed by atoms with E-state index in [2.05, 4.69) is 12.2 Å². The van der Waals surface area contributed by atoms with E-state index in [1.807, 2.05) is 0 Å². The number of nitrogen functional groups attached to an aromatic ring is 2. The third-order valence-electron chi connectivity index (χ3n) is 7.05. The van der Waals surface area contributed by atoms with Crippen LogP contribution in [0.5, 0.6) is 0 Å². The van der Waals surface area contributed by atoms with E-state index >= 15 is 0 Å². The van der Waals surface area contributed by atoms with Crippen molar-refractivity contribution in [2.75, 3.05) is 28.2 Å². The maximum absolute atomic E-state index is 13.7. The first-order valence-electron chi connectivity index (χ1n) is 14.5. The highest BCUT2D eigenvalue weighted by Gasteiger charge is 2.21. The molecule has 0 saturated carbocycles. The van der Waals surface area contributed by atoms with Crippen molar-refractivity contribution in [1.29, 1.82) is 0 Å². The van der Waals surface area contributed by atoms with E-state index in [0.29, 0.717) is 34.7 Å². The van der Waals surface area contributed by atoms with Crippen LogP contribution in [0.1, 0.15) is 102 Å². The standard InChI is InChI=1S/C33H42N4O4/c1-2-3-4-5-6-7-8-9-10-11-20-37(32(39)25-14-18-28(35)19-15-25)30-22-26(33(40)41)21-29(23-30)36-31(38)24-12-16-27(34)17-13-24/h12-19,21-23H,2-11,20,34-35H2,1H3,(H,36,38)(H,40,41). The maximum Gasteiger partial charge on any atom is 0.335 e. The predicted octanol–water partition coefficient (Wildman–Crippen LogP) is 7.37. The van der Waals surface area contributed by atoms with Gasteiger partial charge in [0.2, 0.25) is 0 Å². The smallest absolute Gasteiger partial charge is 0.335 e. The summed E-state index contributed by atoms with van der Waals surface area (Å²) in [6.45, 7) is 2.63. The average molecular weight is 559 g/mol. The van der Waals surface area contributed by atoms with Gasteiger partial charge in [0.05, 0.1) is 5.56 Å². The molecule has 0 bridgehead atoms. The molecule has 0 heterocycles. The molecule has 0 aliphatic carbocycles. The molecule has 0 atom stereocenters. The molecule has 0 aromatic heterocycles. The van der Waals surface area contributed by atoms with Gasteiger partial charge in [0.25, 0.3) is 11.8 Å². The van der Waals surface area contributed by atoms with E-state index in [9.17, 15) is 19.5 Å². The molecule has 8 heteroatoms. The van der Waals surface area contributed by atoms with Gasteiger partial charge < -0.3 is 26.8 Å².